The van der Waals surface area contributed by atoms with Crippen LogP contribution in [-0.4, -0.2) is 65.2 Å². The molecule has 1 aromatic carbocycles. The topological polar surface area (TPSA) is 125 Å². The number of piperidine rings is 1. The molecule has 3 rings (SSSR count). The van der Waals surface area contributed by atoms with Crippen LogP contribution in [0.25, 0.3) is 16.2 Å². The lowest BCUT2D eigenvalue weighted by molar-refractivity contribution is -0.142. The van der Waals surface area contributed by atoms with Gasteiger partial charge in [0.2, 0.25) is 11.8 Å². The summed E-state index contributed by atoms with van der Waals surface area (Å²) >= 11 is 14.2. The SMILES string of the molecule is CC(C)(C)OC(=O)NC[C@H](NC(=O)C1CCN(C(=O)/C=C/c2cc3ccsc3c(Cl)c2Cl)CC1)C(=O)O. The number of carbonyl (C=O) groups is 4. The van der Waals surface area contributed by atoms with Crippen LogP contribution in [0.4, 0.5) is 4.79 Å². The number of ether oxygens (including phenoxy) is 1. The van der Waals surface area contributed by atoms with E-state index in [1.807, 2.05) is 17.5 Å². The number of hydrogen-bond acceptors (Lipinski definition) is 6. The highest BCUT2D eigenvalue weighted by atomic mass is 35.5. The third kappa shape index (κ3) is 7.83. The normalized spacial score (nSPS) is 15.5. The maximum atomic E-state index is 12.7. The molecular weight excluding hydrogens is 541 g/mol. The summed E-state index contributed by atoms with van der Waals surface area (Å²) in [6.07, 6.45) is 3.04. The molecule has 200 valence electrons. The number of amides is 3. The average molecular weight is 570 g/mol. The van der Waals surface area contributed by atoms with Crippen LogP contribution < -0.4 is 10.6 Å². The zero-order valence-corrected chi connectivity index (χ0v) is 23.0. The van der Waals surface area contributed by atoms with E-state index in [1.165, 1.54) is 17.4 Å². The predicted octanol–water partition coefficient (Wildman–Crippen LogP) is 4.55. The van der Waals surface area contributed by atoms with Crippen LogP contribution in [0.3, 0.4) is 0 Å². The molecule has 0 radical (unpaired) electrons. The van der Waals surface area contributed by atoms with Gasteiger partial charge in [0.15, 0.2) is 0 Å². The van der Waals surface area contributed by atoms with E-state index in [2.05, 4.69) is 10.6 Å². The number of carboxylic acids is 1. The van der Waals surface area contributed by atoms with Gasteiger partial charge in [-0.05, 0) is 68.2 Å². The van der Waals surface area contributed by atoms with Gasteiger partial charge in [-0.15, -0.1) is 11.3 Å². The van der Waals surface area contributed by atoms with Crippen LogP contribution in [0.2, 0.25) is 10.0 Å². The molecule has 0 unspecified atom stereocenters. The van der Waals surface area contributed by atoms with Crippen molar-refractivity contribution in [3.8, 4) is 0 Å². The zero-order chi connectivity index (χ0) is 27.3. The number of fused-ring (bicyclic) bond motifs is 1. The van der Waals surface area contributed by atoms with Crippen LogP contribution >= 0.6 is 34.5 Å². The minimum absolute atomic E-state index is 0.221. The summed E-state index contributed by atoms with van der Waals surface area (Å²) in [6, 6.07) is 2.50. The van der Waals surface area contributed by atoms with Gasteiger partial charge in [0.05, 0.1) is 21.3 Å². The third-order valence-corrected chi connectivity index (χ3v) is 7.64. The van der Waals surface area contributed by atoms with Crippen molar-refractivity contribution in [1.82, 2.24) is 15.5 Å². The van der Waals surface area contributed by atoms with Crippen molar-refractivity contribution in [2.75, 3.05) is 19.6 Å². The monoisotopic (exact) mass is 569 g/mol. The molecule has 12 heteroatoms. The first kappa shape index (κ1) is 28.7. The smallest absolute Gasteiger partial charge is 0.407 e. The predicted molar refractivity (Wildman–Crippen MR) is 144 cm³/mol. The number of nitrogens with one attached hydrogen (secondary N) is 2. The van der Waals surface area contributed by atoms with Crippen molar-refractivity contribution < 1.29 is 29.0 Å². The number of rotatable bonds is 7. The molecule has 1 aromatic heterocycles. The molecule has 2 heterocycles. The van der Waals surface area contributed by atoms with Crippen molar-refractivity contribution >= 4 is 74.6 Å². The van der Waals surface area contributed by atoms with E-state index in [0.29, 0.717) is 41.5 Å². The Morgan fingerprint density at radius 3 is 2.51 bits per heavy atom. The van der Waals surface area contributed by atoms with Crippen LogP contribution in [0.1, 0.15) is 39.2 Å². The standard InChI is InChI=1S/C25H29Cl2N3O6S/c1-25(2,3)36-24(35)28-13-17(23(33)34)29-22(32)14-6-9-30(10-7-14)18(31)5-4-15-12-16-8-11-37-21(16)20(27)19(15)26/h4-5,8,11-12,14,17H,6-7,9-10,13H2,1-3H3,(H,28,35)(H,29,32)(H,33,34)/b5-4+/t17-/m0/s1. The summed E-state index contributed by atoms with van der Waals surface area (Å²) in [5.74, 6) is -2.39. The summed E-state index contributed by atoms with van der Waals surface area (Å²) < 4.78 is 5.98. The Balaban J connectivity index is 1.51. The Kier molecular flexibility index (Phi) is 9.44. The molecule has 9 nitrogen and oxygen atoms in total. The van der Waals surface area contributed by atoms with Crippen LogP contribution in [0.15, 0.2) is 23.6 Å². The Morgan fingerprint density at radius 2 is 1.89 bits per heavy atom. The lowest BCUT2D eigenvalue weighted by Gasteiger charge is -2.31. The summed E-state index contributed by atoms with van der Waals surface area (Å²) in [5.41, 5.74) is -0.0938. The highest BCUT2D eigenvalue weighted by Gasteiger charge is 2.30. The van der Waals surface area contributed by atoms with E-state index in [-0.39, 0.29) is 12.5 Å². The quantitative estimate of drug-likeness (QED) is 0.420. The maximum Gasteiger partial charge on any atom is 0.407 e. The number of nitrogens with zero attached hydrogens (tertiary/aromatic N) is 1. The zero-order valence-electron chi connectivity index (χ0n) is 20.7. The van der Waals surface area contributed by atoms with Gasteiger partial charge in [-0.25, -0.2) is 9.59 Å². The highest BCUT2D eigenvalue weighted by molar-refractivity contribution is 7.18. The molecule has 37 heavy (non-hydrogen) atoms. The Morgan fingerprint density at radius 1 is 1.22 bits per heavy atom. The van der Waals surface area contributed by atoms with E-state index in [0.717, 1.165) is 10.1 Å². The molecule has 3 N–H and O–H groups in total. The second-order valence-corrected chi connectivity index (χ2v) is 11.3. The van der Waals surface area contributed by atoms with E-state index >= 15 is 0 Å². The van der Waals surface area contributed by atoms with Crippen LogP contribution in [0.5, 0.6) is 0 Å². The second-order valence-electron chi connectivity index (χ2n) is 9.65. The summed E-state index contributed by atoms with van der Waals surface area (Å²) in [5, 5.41) is 18.0. The Bertz CT molecular complexity index is 1210. The Labute approximate surface area is 228 Å². The number of halogens is 2. The summed E-state index contributed by atoms with van der Waals surface area (Å²) in [7, 11) is 0. The average Bonchev–Trinajstić information content (AvgIpc) is 3.30. The number of likely N-dealkylation sites (tertiary alicyclic amines) is 1. The fourth-order valence-electron chi connectivity index (χ4n) is 3.81. The summed E-state index contributed by atoms with van der Waals surface area (Å²) in [6.45, 7) is 5.42. The van der Waals surface area contributed by atoms with E-state index in [9.17, 15) is 24.3 Å². The minimum Gasteiger partial charge on any atom is -0.480 e. The van der Waals surface area contributed by atoms with Gasteiger partial charge in [0.1, 0.15) is 11.6 Å². The van der Waals surface area contributed by atoms with Gasteiger partial charge < -0.3 is 25.4 Å². The number of hydrogen-bond donors (Lipinski definition) is 3. The fourth-order valence-corrected chi connectivity index (χ4v) is 5.25. The van der Waals surface area contributed by atoms with Gasteiger partial charge in [-0.2, -0.15) is 0 Å². The number of benzene rings is 1. The largest absolute Gasteiger partial charge is 0.480 e. The molecule has 0 spiro atoms. The lowest BCUT2D eigenvalue weighted by atomic mass is 9.95. The molecule has 1 atom stereocenters. The molecule has 2 aromatic rings. The number of carboxylic acid groups (broad SMARTS) is 1. The van der Waals surface area contributed by atoms with E-state index in [1.54, 1.807) is 31.7 Å². The molecule has 1 fully saturated rings. The van der Waals surface area contributed by atoms with Gasteiger partial charge in [0.25, 0.3) is 0 Å². The first-order chi connectivity index (χ1) is 17.4. The van der Waals surface area contributed by atoms with Crippen molar-refractivity contribution in [2.24, 2.45) is 5.92 Å². The van der Waals surface area contributed by atoms with E-state index < -0.39 is 35.5 Å². The number of alkyl carbamates (subject to hydrolysis) is 1. The molecule has 0 aliphatic carbocycles. The molecule has 3 amide bonds. The van der Waals surface area contributed by atoms with E-state index in [4.69, 9.17) is 27.9 Å². The second kappa shape index (κ2) is 12.1. The van der Waals surface area contributed by atoms with Crippen LogP contribution in [-0.2, 0) is 19.1 Å². The molecule has 0 bridgehead atoms. The first-order valence-corrected chi connectivity index (χ1v) is 13.3. The van der Waals surface area contributed by atoms with Crippen molar-refractivity contribution in [2.45, 2.75) is 45.3 Å². The summed E-state index contributed by atoms with van der Waals surface area (Å²) in [4.78, 5) is 50.4. The number of carbonyl (C=O) groups excluding carboxylic acids is 3. The molecule has 1 saturated heterocycles. The van der Waals surface area contributed by atoms with Gasteiger partial charge in [-0.3, -0.25) is 9.59 Å². The first-order valence-electron chi connectivity index (χ1n) is 11.7. The van der Waals surface area contributed by atoms with Gasteiger partial charge in [0, 0.05) is 25.1 Å². The Hall–Kier alpha value is -2.82. The van der Waals surface area contributed by atoms with Gasteiger partial charge in [-0.1, -0.05) is 23.2 Å². The number of aliphatic carboxylic acids is 1. The molecule has 0 saturated carbocycles. The fraction of sp³-hybridized carbons (Fsp3) is 0.440. The van der Waals surface area contributed by atoms with Crippen LogP contribution in [0, 0.1) is 5.92 Å². The third-order valence-electron chi connectivity index (χ3n) is 5.70. The molecule has 1 aliphatic rings. The van der Waals surface area contributed by atoms with Crippen molar-refractivity contribution in [3.05, 3.63) is 39.2 Å². The van der Waals surface area contributed by atoms with Gasteiger partial charge >= 0.3 is 12.1 Å². The minimum atomic E-state index is -1.31. The maximum absolute atomic E-state index is 12.7. The molecule has 1 aliphatic heterocycles. The highest BCUT2D eigenvalue weighted by Crippen LogP contribution is 2.37. The van der Waals surface area contributed by atoms with Crippen molar-refractivity contribution in [3.63, 3.8) is 0 Å². The lowest BCUT2D eigenvalue weighted by Crippen LogP contribution is -2.52. The number of thiophene rings is 1. The molecular formula is C25H29Cl2N3O6S. The van der Waals surface area contributed by atoms with Crippen molar-refractivity contribution in [1.29, 1.82) is 0 Å².